The van der Waals surface area contributed by atoms with Gasteiger partial charge in [-0.25, -0.2) is 9.59 Å². The molecule has 0 aliphatic carbocycles. The van der Waals surface area contributed by atoms with Crippen molar-refractivity contribution in [2.45, 2.75) is 46.3 Å². The molecule has 116 valence electrons. The zero-order chi connectivity index (χ0) is 16.0. The van der Waals surface area contributed by atoms with Crippen LogP contribution in [0, 0.1) is 5.92 Å². The number of amides is 1. The molecule has 0 spiro atoms. The summed E-state index contributed by atoms with van der Waals surface area (Å²) in [5, 5.41) is 2.56. The minimum atomic E-state index is -0.764. The lowest BCUT2D eigenvalue weighted by molar-refractivity contribution is -0.137. The topological polar surface area (TPSA) is 64.6 Å². The summed E-state index contributed by atoms with van der Waals surface area (Å²) in [7, 11) is 0. The molecule has 1 amide bonds. The van der Waals surface area contributed by atoms with Gasteiger partial charge in [-0.15, -0.1) is 0 Å². The van der Waals surface area contributed by atoms with Gasteiger partial charge in [0.05, 0.1) is 0 Å². The molecule has 0 radical (unpaired) electrons. The molecule has 1 aromatic rings. The molecule has 5 heteroatoms. The molecule has 0 bridgehead atoms. The molecular weight excluding hydrogens is 270 g/mol. The number of carbonyl (C=O) groups excluding carboxylic acids is 2. The van der Waals surface area contributed by atoms with Gasteiger partial charge >= 0.3 is 12.1 Å². The molecular formula is C16H23NO4. The Morgan fingerprint density at radius 2 is 1.67 bits per heavy atom. The highest BCUT2D eigenvalue weighted by Gasteiger charge is 2.28. The van der Waals surface area contributed by atoms with Gasteiger partial charge in [0.15, 0.2) is 0 Å². The number of para-hydroxylation sites is 1. The predicted molar refractivity (Wildman–Crippen MR) is 80.1 cm³/mol. The van der Waals surface area contributed by atoms with Crippen LogP contribution in [0.5, 0.6) is 5.75 Å². The maximum atomic E-state index is 12.2. The highest BCUT2D eigenvalue weighted by Crippen LogP contribution is 2.13. The molecule has 0 heterocycles. The van der Waals surface area contributed by atoms with E-state index in [-0.39, 0.29) is 5.92 Å². The van der Waals surface area contributed by atoms with Gasteiger partial charge in [-0.3, -0.25) is 0 Å². The van der Waals surface area contributed by atoms with E-state index in [0.29, 0.717) is 5.75 Å². The van der Waals surface area contributed by atoms with Gasteiger partial charge < -0.3 is 14.8 Å². The van der Waals surface area contributed by atoms with Crippen molar-refractivity contribution >= 4 is 12.1 Å². The van der Waals surface area contributed by atoms with Crippen LogP contribution in [0.25, 0.3) is 0 Å². The first-order chi connectivity index (χ1) is 9.69. The lowest BCUT2D eigenvalue weighted by Gasteiger charge is -2.24. The van der Waals surface area contributed by atoms with Crippen molar-refractivity contribution in [1.82, 2.24) is 5.32 Å². The van der Waals surface area contributed by atoms with E-state index in [4.69, 9.17) is 9.47 Å². The molecule has 0 aliphatic rings. The number of benzene rings is 1. The van der Waals surface area contributed by atoms with Gasteiger partial charge in [-0.2, -0.15) is 0 Å². The smallest absolute Gasteiger partial charge is 0.408 e. The van der Waals surface area contributed by atoms with Crippen LogP contribution >= 0.6 is 0 Å². The second-order valence-corrected chi connectivity index (χ2v) is 6.10. The monoisotopic (exact) mass is 293 g/mol. The zero-order valence-corrected chi connectivity index (χ0v) is 13.2. The number of hydrogen-bond acceptors (Lipinski definition) is 4. The number of carbonyl (C=O) groups is 2. The Hall–Kier alpha value is -2.04. The molecule has 1 atom stereocenters. The van der Waals surface area contributed by atoms with Gasteiger partial charge in [-0.1, -0.05) is 32.0 Å². The molecule has 1 N–H and O–H groups in total. The summed E-state index contributed by atoms with van der Waals surface area (Å²) >= 11 is 0. The fourth-order valence-electron chi connectivity index (χ4n) is 1.60. The second-order valence-electron chi connectivity index (χ2n) is 6.10. The van der Waals surface area contributed by atoms with Crippen molar-refractivity contribution in [1.29, 1.82) is 0 Å². The number of nitrogens with one attached hydrogen (secondary N) is 1. The molecule has 0 aliphatic heterocycles. The van der Waals surface area contributed by atoms with E-state index < -0.39 is 23.7 Å². The summed E-state index contributed by atoms with van der Waals surface area (Å²) in [5.41, 5.74) is -0.616. The summed E-state index contributed by atoms with van der Waals surface area (Å²) in [6.45, 7) is 8.94. The van der Waals surface area contributed by atoms with Crippen molar-refractivity contribution in [2.24, 2.45) is 5.92 Å². The molecule has 0 fully saturated rings. The van der Waals surface area contributed by atoms with Crippen LogP contribution in [0.4, 0.5) is 4.79 Å². The molecule has 0 aromatic heterocycles. The number of rotatable bonds is 4. The molecule has 0 unspecified atom stereocenters. The number of ether oxygens (including phenoxy) is 2. The van der Waals surface area contributed by atoms with E-state index in [0.717, 1.165) is 0 Å². The zero-order valence-electron chi connectivity index (χ0n) is 13.2. The fraction of sp³-hybridized carbons (Fsp3) is 0.500. The highest BCUT2D eigenvalue weighted by atomic mass is 16.6. The molecule has 21 heavy (non-hydrogen) atoms. The first kappa shape index (κ1) is 17.0. The quantitative estimate of drug-likeness (QED) is 0.684. The average molecular weight is 293 g/mol. The molecule has 0 saturated carbocycles. The highest BCUT2D eigenvalue weighted by molar-refractivity contribution is 5.83. The van der Waals surface area contributed by atoms with E-state index in [1.807, 2.05) is 19.9 Å². The molecule has 0 saturated heterocycles. The third-order valence-electron chi connectivity index (χ3n) is 2.55. The lowest BCUT2D eigenvalue weighted by Crippen LogP contribution is -2.48. The van der Waals surface area contributed by atoms with E-state index in [1.165, 1.54) is 0 Å². The number of esters is 1. The first-order valence-electron chi connectivity index (χ1n) is 6.95. The van der Waals surface area contributed by atoms with Crippen molar-refractivity contribution in [3.63, 3.8) is 0 Å². The Bertz CT molecular complexity index is 477. The van der Waals surface area contributed by atoms with Crippen LogP contribution in [0.2, 0.25) is 0 Å². The van der Waals surface area contributed by atoms with Crippen LogP contribution in [-0.2, 0) is 9.53 Å². The predicted octanol–water partition coefficient (Wildman–Crippen LogP) is 3.14. The largest absolute Gasteiger partial charge is 0.444 e. The normalized spacial score (nSPS) is 12.7. The summed E-state index contributed by atoms with van der Waals surface area (Å²) < 4.78 is 10.4. The van der Waals surface area contributed by atoms with Crippen molar-refractivity contribution in [3.05, 3.63) is 30.3 Å². The van der Waals surface area contributed by atoms with Gasteiger partial charge in [0.25, 0.3) is 0 Å². The Morgan fingerprint density at radius 3 is 2.14 bits per heavy atom. The van der Waals surface area contributed by atoms with Gasteiger partial charge in [-0.05, 0) is 38.8 Å². The Morgan fingerprint density at radius 1 is 1.10 bits per heavy atom. The van der Waals surface area contributed by atoms with Gasteiger partial charge in [0.2, 0.25) is 0 Å². The molecule has 1 rings (SSSR count). The van der Waals surface area contributed by atoms with E-state index in [1.54, 1.807) is 45.0 Å². The van der Waals surface area contributed by atoms with Crippen molar-refractivity contribution in [3.8, 4) is 5.75 Å². The fourth-order valence-corrected chi connectivity index (χ4v) is 1.60. The maximum Gasteiger partial charge on any atom is 0.408 e. The van der Waals surface area contributed by atoms with Crippen LogP contribution < -0.4 is 10.1 Å². The Kier molecular flexibility index (Phi) is 5.76. The summed E-state index contributed by atoms with van der Waals surface area (Å²) in [6.07, 6.45) is -0.633. The minimum Gasteiger partial charge on any atom is -0.444 e. The van der Waals surface area contributed by atoms with Gasteiger partial charge in [0.1, 0.15) is 17.4 Å². The third kappa shape index (κ3) is 6.29. The maximum absolute atomic E-state index is 12.2. The summed E-state index contributed by atoms with van der Waals surface area (Å²) in [6, 6.07) is 7.98. The standard InChI is InChI=1S/C16H23NO4/c1-11(2)13(17-15(19)21-16(3,4)5)14(18)20-12-9-7-6-8-10-12/h6-11,13H,1-5H3,(H,17,19)/t13-/m0/s1. The number of hydrogen-bond donors (Lipinski definition) is 1. The lowest BCUT2D eigenvalue weighted by atomic mass is 10.1. The van der Waals surface area contributed by atoms with Crippen molar-refractivity contribution < 1.29 is 19.1 Å². The van der Waals surface area contributed by atoms with E-state index >= 15 is 0 Å². The third-order valence-corrected chi connectivity index (χ3v) is 2.55. The van der Waals surface area contributed by atoms with Crippen molar-refractivity contribution in [2.75, 3.05) is 0 Å². The van der Waals surface area contributed by atoms with Crippen LogP contribution in [0.3, 0.4) is 0 Å². The Labute approximate surface area is 125 Å². The number of alkyl carbamates (subject to hydrolysis) is 1. The molecule has 5 nitrogen and oxygen atoms in total. The van der Waals surface area contributed by atoms with Crippen LogP contribution in [0.1, 0.15) is 34.6 Å². The van der Waals surface area contributed by atoms with Gasteiger partial charge in [0, 0.05) is 0 Å². The minimum absolute atomic E-state index is 0.117. The summed E-state index contributed by atoms with van der Waals surface area (Å²) in [5.74, 6) is -0.185. The molecule has 1 aromatic carbocycles. The Balaban J connectivity index is 2.69. The second kappa shape index (κ2) is 7.11. The van der Waals surface area contributed by atoms with Crippen LogP contribution in [-0.4, -0.2) is 23.7 Å². The summed E-state index contributed by atoms with van der Waals surface area (Å²) in [4.78, 5) is 24.0. The van der Waals surface area contributed by atoms with Crippen LogP contribution in [0.15, 0.2) is 30.3 Å². The SMILES string of the molecule is CC(C)[C@H](NC(=O)OC(C)(C)C)C(=O)Oc1ccccc1. The van der Waals surface area contributed by atoms with E-state index in [2.05, 4.69) is 5.32 Å². The van der Waals surface area contributed by atoms with E-state index in [9.17, 15) is 9.59 Å². The average Bonchev–Trinajstić information content (AvgIpc) is 2.34. The first-order valence-corrected chi connectivity index (χ1v) is 6.95.